The Morgan fingerprint density at radius 2 is 2.10 bits per heavy atom. The van der Waals surface area contributed by atoms with Crippen LogP contribution in [-0.4, -0.2) is 53.5 Å². The van der Waals surface area contributed by atoms with Gasteiger partial charge in [0.05, 0.1) is 5.56 Å². The number of amides is 1. The van der Waals surface area contributed by atoms with Crippen LogP contribution < -0.4 is 4.74 Å². The molecule has 5 nitrogen and oxygen atoms in total. The third-order valence-corrected chi connectivity index (χ3v) is 5.90. The Morgan fingerprint density at radius 3 is 2.83 bits per heavy atom. The molecule has 4 rings (SSSR count). The SMILES string of the molecule is CN(C)C(=O)c1ccc([C@@H]2CCCN(Cc3ccc4c(c3)CC(C)(C)O4)C2)nc1. The number of ether oxygens (including phenoxy) is 1. The van der Waals surface area contributed by atoms with Gasteiger partial charge in [-0.3, -0.25) is 14.7 Å². The fraction of sp³-hybridized carbons (Fsp3) is 0.500. The summed E-state index contributed by atoms with van der Waals surface area (Å²) in [6.07, 6.45) is 5.02. The molecule has 0 unspecified atom stereocenters. The first-order valence-electron chi connectivity index (χ1n) is 10.5. The van der Waals surface area contributed by atoms with Crippen molar-refractivity contribution in [1.29, 1.82) is 0 Å². The van der Waals surface area contributed by atoms with Gasteiger partial charge in [0.1, 0.15) is 11.4 Å². The minimum atomic E-state index is -0.0943. The zero-order valence-corrected chi connectivity index (χ0v) is 17.9. The molecule has 1 fully saturated rings. The first-order valence-corrected chi connectivity index (χ1v) is 10.5. The summed E-state index contributed by atoms with van der Waals surface area (Å²) in [6, 6.07) is 10.6. The molecular weight excluding hydrogens is 362 g/mol. The third kappa shape index (κ3) is 4.45. The molecule has 154 valence electrons. The van der Waals surface area contributed by atoms with Gasteiger partial charge in [0.2, 0.25) is 0 Å². The van der Waals surface area contributed by atoms with E-state index in [4.69, 9.17) is 4.74 Å². The Hall–Kier alpha value is -2.40. The van der Waals surface area contributed by atoms with E-state index in [1.54, 1.807) is 25.2 Å². The van der Waals surface area contributed by atoms with E-state index in [9.17, 15) is 4.79 Å². The highest BCUT2D eigenvalue weighted by atomic mass is 16.5. The number of pyridine rings is 1. The van der Waals surface area contributed by atoms with Crippen LogP contribution in [0.25, 0.3) is 0 Å². The molecule has 1 atom stereocenters. The fourth-order valence-corrected chi connectivity index (χ4v) is 4.49. The molecule has 2 aromatic rings. The smallest absolute Gasteiger partial charge is 0.254 e. The summed E-state index contributed by atoms with van der Waals surface area (Å²) < 4.78 is 6.01. The van der Waals surface area contributed by atoms with Crippen molar-refractivity contribution in [3.8, 4) is 5.75 Å². The molecule has 3 heterocycles. The van der Waals surface area contributed by atoms with E-state index in [0.29, 0.717) is 11.5 Å². The van der Waals surface area contributed by atoms with Crippen LogP contribution in [0, 0.1) is 0 Å². The van der Waals surface area contributed by atoms with Crippen LogP contribution in [0.5, 0.6) is 5.75 Å². The highest BCUT2D eigenvalue weighted by Crippen LogP contribution is 2.35. The van der Waals surface area contributed by atoms with Crippen molar-refractivity contribution in [1.82, 2.24) is 14.8 Å². The van der Waals surface area contributed by atoms with Crippen molar-refractivity contribution < 1.29 is 9.53 Å². The van der Waals surface area contributed by atoms with Crippen molar-refractivity contribution >= 4 is 5.91 Å². The first-order chi connectivity index (χ1) is 13.8. The molecule has 0 bridgehead atoms. The van der Waals surface area contributed by atoms with Gasteiger partial charge >= 0.3 is 0 Å². The Morgan fingerprint density at radius 1 is 1.28 bits per heavy atom. The number of carbonyl (C=O) groups is 1. The Balaban J connectivity index is 1.41. The normalized spacial score (nSPS) is 20.8. The molecule has 29 heavy (non-hydrogen) atoms. The number of hydrogen-bond donors (Lipinski definition) is 0. The van der Waals surface area contributed by atoms with Crippen LogP contribution in [0.4, 0.5) is 0 Å². The molecule has 1 amide bonds. The van der Waals surface area contributed by atoms with E-state index in [1.807, 2.05) is 12.1 Å². The Labute approximate surface area is 173 Å². The van der Waals surface area contributed by atoms with Gasteiger partial charge in [0, 0.05) is 51.4 Å². The predicted octanol–water partition coefficient (Wildman–Crippen LogP) is 3.88. The van der Waals surface area contributed by atoms with E-state index in [1.165, 1.54) is 17.5 Å². The molecule has 2 aliphatic rings. The number of rotatable bonds is 4. The van der Waals surface area contributed by atoms with E-state index in [2.05, 4.69) is 41.9 Å². The molecule has 1 saturated heterocycles. The molecule has 0 radical (unpaired) electrons. The molecule has 5 heteroatoms. The lowest BCUT2D eigenvalue weighted by Gasteiger charge is -2.32. The number of carbonyl (C=O) groups excluding carboxylic acids is 1. The average Bonchev–Trinajstić information content (AvgIpc) is 3.01. The lowest BCUT2D eigenvalue weighted by atomic mass is 9.93. The molecule has 2 aliphatic heterocycles. The van der Waals surface area contributed by atoms with Crippen LogP contribution in [-0.2, 0) is 13.0 Å². The quantitative estimate of drug-likeness (QED) is 0.791. The van der Waals surface area contributed by atoms with Gasteiger partial charge in [-0.05, 0) is 62.6 Å². The molecule has 1 aromatic heterocycles. The van der Waals surface area contributed by atoms with Crippen molar-refractivity contribution in [2.75, 3.05) is 27.2 Å². The minimum absolute atomic E-state index is 0.00177. The second-order valence-electron chi connectivity index (χ2n) is 9.23. The van der Waals surface area contributed by atoms with Gasteiger partial charge in [-0.15, -0.1) is 0 Å². The van der Waals surface area contributed by atoms with Crippen LogP contribution in [0.15, 0.2) is 36.5 Å². The summed E-state index contributed by atoms with van der Waals surface area (Å²) in [6.45, 7) is 7.37. The van der Waals surface area contributed by atoms with Crippen molar-refractivity contribution in [3.05, 3.63) is 58.9 Å². The number of fused-ring (bicyclic) bond motifs is 1. The zero-order valence-electron chi connectivity index (χ0n) is 17.9. The monoisotopic (exact) mass is 393 g/mol. The van der Waals surface area contributed by atoms with E-state index < -0.39 is 0 Å². The number of aromatic nitrogens is 1. The summed E-state index contributed by atoms with van der Waals surface area (Å²) in [5, 5.41) is 0. The average molecular weight is 394 g/mol. The minimum Gasteiger partial charge on any atom is -0.487 e. The van der Waals surface area contributed by atoms with E-state index >= 15 is 0 Å². The van der Waals surface area contributed by atoms with Crippen molar-refractivity contribution in [2.24, 2.45) is 0 Å². The second-order valence-corrected chi connectivity index (χ2v) is 9.23. The summed E-state index contributed by atoms with van der Waals surface area (Å²) in [4.78, 5) is 20.8. The first kappa shape index (κ1) is 19.9. The van der Waals surface area contributed by atoms with E-state index in [0.717, 1.165) is 43.9 Å². The van der Waals surface area contributed by atoms with Gasteiger partial charge in [-0.25, -0.2) is 0 Å². The lowest BCUT2D eigenvalue weighted by molar-refractivity contribution is 0.0827. The fourth-order valence-electron chi connectivity index (χ4n) is 4.49. The summed E-state index contributed by atoms with van der Waals surface area (Å²) in [5.41, 5.74) is 4.32. The topological polar surface area (TPSA) is 45.7 Å². The number of hydrogen-bond acceptors (Lipinski definition) is 4. The lowest BCUT2D eigenvalue weighted by Crippen LogP contribution is -2.34. The maximum Gasteiger partial charge on any atom is 0.254 e. The standard InChI is InChI=1S/C24H31N3O2/c1-24(2)13-20-12-17(7-10-22(20)29-24)15-27-11-5-6-19(16-27)21-9-8-18(14-25-21)23(28)26(3)4/h7-10,12,14,19H,5-6,11,13,15-16H2,1-4H3/t19-/m1/s1. The van der Waals surface area contributed by atoms with Crippen LogP contribution in [0.1, 0.15) is 59.8 Å². The molecule has 0 saturated carbocycles. The van der Waals surface area contributed by atoms with Gasteiger partial charge in [-0.2, -0.15) is 0 Å². The summed E-state index contributed by atoms with van der Waals surface area (Å²) in [5.74, 6) is 1.45. The maximum absolute atomic E-state index is 12.1. The van der Waals surface area contributed by atoms with Crippen LogP contribution >= 0.6 is 0 Å². The number of nitrogens with zero attached hydrogens (tertiary/aromatic N) is 3. The summed E-state index contributed by atoms with van der Waals surface area (Å²) >= 11 is 0. The molecule has 0 aliphatic carbocycles. The molecule has 0 spiro atoms. The van der Waals surface area contributed by atoms with Crippen LogP contribution in [0.2, 0.25) is 0 Å². The maximum atomic E-state index is 12.1. The Bertz CT molecular complexity index is 889. The molecule has 1 aromatic carbocycles. The molecule has 0 N–H and O–H groups in total. The van der Waals surface area contributed by atoms with E-state index in [-0.39, 0.29) is 11.5 Å². The highest BCUT2D eigenvalue weighted by molar-refractivity contribution is 5.93. The van der Waals surface area contributed by atoms with Crippen LogP contribution in [0.3, 0.4) is 0 Å². The van der Waals surface area contributed by atoms with Crippen molar-refractivity contribution in [3.63, 3.8) is 0 Å². The van der Waals surface area contributed by atoms with Gasteiger partial charge in [-0.1, -0.05) is 12.1 Å². The van der Waals surface area contributed by atoms with Gasteiger partial charge in [0.15, 0.2) is 0 Å². The summed E-state index contributed by atoms with van der Waals surface area (Å²) in [7, 11) is 3.53. The predicted molar refractivity (Wildman–Crippen MR) is 114 cm³/mol. The van der Waals surface area contributed by atoms with Gasteiger partial charge in [0.25, 0.3) is 5.91 Å². The number of likely N-dealkylation sites (tertiary alicyclic amines) is 1. The second kappa shape index (κ2) is 7.79. The number of piperidine rings is 1. The Kier molecular flexibility index (Phi) is 5.34. The highest BCUT2D eigenvalue weighted by Gasteiger charge is 2.30. The zero-order chi connectivity index (χ0) is 20.6. The molecular formula is C24H31N3O2. The number of benzene rings is 1. The van der Waals surface area contributed by atoms with Crippen molar-refractivity contribution in [2.45, 2.75) is 51.2 Å². The largest absolute Gasteiger partial charge is 0.487 e. The van der Waals surface area contributed by atoms with Gasteiger partial charge < -0.3 is 9.64 Å². The third-order valence-electron chi connectivity index (χ3n) is 5.90.